The molecule has 1 aromatic heterocycles. The largest absolute Gasteiger partial charge is 0.496 e. The van der Waals surface area contributed by atoms with Crippen LogP contribution in [0.15, 0.2) is 65.3 Å². The van der Waals surface area contributed by atoms with Crippen LogP contribution in [0, 0.1) is 6.92 Å². The van der Waals surface area contributed by atoms with Gasteiger partial charge in [-0.1, -0.05) is 5.16 Å². The zero-order valence-corrected chi connectivity index (χ0v) is 28.9. The molecule has 272 valence electrons. The lowest BCUT2D eigenvalue weighted by molar-refractivity contribution is -0.146. The summed E-state index contributed by atoms with van der Waals surface area (Å²) in [7, 11) is 3.02. The summed E-state index contributed by atoms with van der Waals surface area (Å²) < 4.78 is 34.1. The van der Waals surface area contributed by atoms with Crippen molar-refractivity contribution in [1.82, 2.24) is 31.2 Å². The molecule has 4 amide bonds. The third-order valence-corrected chi connectivity index (χ3v) is 8.75. The number of methoxy groups -OCH3 is 2. The first-order chi connectivity index (χ1) is 25.2. The second kappa shape index (κ2) is 15.7. The molecule has 5 aliphatic rings. The molecule has 1 saturated heterocycles. The monoisotopic (exact) mass is 714 g/mol. The van der Waals surface area contributed by atoms with Gasteiger partial charge in [-0.2, -0.15) is 0 Å². The maximum absolute atomic E-state index is 14.0. The molecule has 0 saturated carbocycles. The molecular weight excluding hydrogens is 676 g/mol. The number of hydrogen-bond acceptors (Lipinski definition) is 12. The summed E-state index contributed by atoms with van der Waals surface area (Å²) in [5, 5.41) is 15.5. The minimum atomic E-state index is -1.33. The zero-order chi connectivity index (χ0) is 36.7. The van der Waals surface area contributed by atoms with Crippen molar-refractivity contribution >= 4 is 23.6 Å². The van der Waals surface area contributed by atoms with Crippen LogP contribution >= 0.6 is 0 Å². The lowest BCUT2D eigenvalue weighted by Crippen LogP contribution is -2.58. The fraction of sp³-hybridized carbons (Fsp3) is 0.333. The Morgan fingerprint density at radius 3 is 2.35 bits per heavy atom. The Morgan fingerprint density at radius 1 is 0.904 bits per heavy atom. The number of aryl methyl sites for hydroxylation is 1. The molecule has 52 heavy (non-hydrogen) atoms. The van der Waals surface area contributed by atoms with Crippen LogP contribution in [0.1, 0.15) is 44.9 Å². The van der Waals surface area contributed by atoms with Crippen molar-refractivity contribution in [3.63, 3.8) is 0 Å². The highest BCUT2D eigenvalue weighted by atomic mass is 16.6. The molecule has 16 nitrogen and oxygen atoms in total. The smallest absolute Gasteiger partial charge is 0.275 e. The van der Waals surface area contributed by atoms with Crippen LogP contribution in [0.5, 0.6) is 34.5 Å². The molecule has 3 N–H and O–H groups in total. The minimum absolute atomic E-state index is 0.00157. The number of hydrogen-bond donors (Lipinski definition) is 3. The number of nitrogens with one attached hydrogen (secondary N) is 3. The Labute approximate surface area is 298 Å². The highest BCUT2D eigenvalue weighted by Gasteiger charge is 2.44. The number of carbonyl (C=O) groups excluding carboxylic acids is 4. The second-order valence-corrected chi connectivity index (χ2v) is 12.1. The Balaban J connectivity index is 1.21. The Hall–Kier alpha value is -6.32. The van der Waals surface area contributed by atoms with Crippen LogP contribution in [-0.2, 0) is 16.1 Å². The first-order valence-electron chi connectivity index (χ1n) is 16.5. The summed E-state index contributed by atoms with van der Waals surface area (Å²) in [5.41, 5.74) is 0.0225. The van der Waals surface area contributed by atoms with Crippen molar-refractivity contribution in [2.75, 3.05) is 47.0 Å². The minimum Gasteiger partial charge on any atom is -0.496 e. The van der Waals surface area contributed by atoms with Crippen LogP contribution in [0.25, 0.3) is 0 Å². The maximum Gasteiger partial charge on any atom is 0.275 e. The lowest BCUT2D eigenvalue weighted by Gasteiger charge is -2.40. The number of likely N-dealkylation sites (tertiary alicyclic amines) is 1. The van der Waals surface area contributed by atoms with E-state index in [1.807, 2.05) is 0 Å². The van der Waals surface area contributed by atoms with Gasteiger partial charge in [0.2, 0.25) is 5.91 Å². The molecule has 5 aliphatic heterocycles. The van der Waals surface area contributed by atoms with E-state index in [9.17, 15) is 19.2 Å². The predicted octanol–water partition coefficient (Wildman–Crippen LogP) is 2.80. The van der Waals surface area contributed by atoms with Crippen molar-refractivity contribution in [1.29, 1.82) is 0 Å². The average Bonchev–Trinajstić information content (AvgIpc) is 3.60. The lowest BCUT2D eigenvalue weighted by atomic mass is 9.89. The van der Waals surface area contributed by atoms with Gasteiger partial charge in [0, 0.05) is 49.7 Å². The molecule has 0 atom stereocenters. The van der Waals surface area contributed by atoms with Crippen molar-refractivity contribution in [3.05, 3.63) is 83.2 Å². The maximum atomic E-state index is 14.0. The van der Waals surface area contributed by atoms with Crippen LogP contribution in [0.3, 0.4) is 0 Å². The van der Waals surface area contributed by atoms with Crippen LogP contribution in [-0.4, -0.2) is 91.4 Å². The highest BCUT2D eigenvalue weighted by Crippen LogP contribution is 2.35. The topological polar surface area (TPSA) is 193 Å². The standard InChI is InChI=1S/C36H38N6O10/c1-22-32(41-52-40-22)34(45)38-21-31(43)42-15-12-36(13-16-42)35(46)39-20-24-4-6-27(19-29(24)48-3)50-30-18-23(5-11-28(30)47-2)33(44)37-14-17-49-25-7-9-26(51-36)10-8-25/h4-11,18-19H,12-17,20-21H2,1-3H3,(H,37,44)(H,38,45)(H,39,46). The van der Waals surface area contributed by atoms with Crippen LogP contribution in [0.4, 0.5) is 0 Å². The molecule has 0 radical (unpaired) electrons. The molecule has 1 spiro atoms. The van der Waals surface area contributed by atoms with E-state index in [-0.39, 0.29) is 75.6 Å². The van der Waals surface area contributed by atoms with Crippen molar-refractivity contribution in [2.45, 2.75) is 31.9 Å². The molecular formula is C36H38N6O10. The van der Waals surface area contributed by atoms with Gasteiger partial charge in [0.1, 0.15) is 35.3 Å². The van der Waals surface area contributed by atoms with Gasteiger partial charge in [-0.3, -0.25) is 19.2 Å². The van der Waals surface area contributed by atoms with Crippen molar-refractivity contribution in [2.24, 2.45) is 0 Å². The number of ether oxygens (including phenoxy) is 5. The van der Waals surface area contributed by atoms with Crippen molar-refractivity contribution < 1.29 is 47.5 Å². The average molecular weight is 715 g/mol. The number of nitrogens with zero attached hydrogens (tertiary/aromatic N) is 3. The predicted molar refractivity (Wildman–Crippen MR) is 183 cm³/mol. The van der Waals surface area contributed by atoms with Crippen LogP contribution < -0.4 is 39.6 Å². The number of carbonyl (C=O) groups is 4. The molecule has 0 aliphatic carbocycles. The van der Waals surface area contributed by atoms with E-state index in [4.69, 9.17) is 23.7 Å². The van der Waals surface area contributed by atoms with E-state index >= 15 is 0 Å². The van der Waals surface area contributed by atoms with Crippen LogP contribution in [0.2, 0.25) is 0 Å². The molecule has 9 rings (SSSR count). The number of amides is 4. The Kier molecular flexibility index (Phi) is 10.7. The highest BCUT2D eigenvalue weighted by molar-refractivity contribution is 5.96. The van der Waals surface area contributed by atoms with Gasteiger partial charge >= 0.3 is 0 Å². The first-order valence-corrected chi connectivity index (χ1v) is 16.5. The SMILES string of the molecule is COc1cc2ccc1CNC(=O)C1(CCN(C(=O)CNC(=O)c3nonc3C)CC1)Oc1ccc(cc1)OCCNC(=O)c1ccc(OC)c(c1)O2. The fourth-order valence-electron chi connectivity index (χ4n) is 5.84. The molecule has 3 aromatic carbocycles. The summed E-state index contributed by atoms with van der Waals surface area (Å²) in [6.07, 6.45) is 0.348. The summed E-state index contributed by atoms with van der Waals surface area (Å²) in [6.45, 7) is 2.22. The van der Waals surface area contributed by atoms with Gasteiger partial charge < -0.3 is 44.5 Å². The zero-order valence-electron chi connectivity index (χ0n) is 28.9. The third kappa shape index (κ3) is 8.01. The molecule has 1 fully saturated rings. The van der Waals surface area contributed by atoms with Gasteiger partial charge in [-0.15, -0.1) is 0 Å². The normalized spacial score (nSPS) is 15.9. The molecule has 6 bridgehead atoms. The van der Waals surface area contributed by atoms with E-state index in [1.165, 1.54) is 14.2 Å². The van der Waals surface area contributed by atoms with Gasteiger partial charge in [0.05, 0.1) is 27.3 Å². The van der Waals surface area contributed by atoms with Crippen molar-refractivity contribution in [3.8, 4) is 34.5 Å². The number of benzene rings is 3. The summed E-state index contributed by atoms with van der Waals surface area (Å²) in [6, 6.07) is 16.9. The quantitative estimate of drug-likeness (QED) is 0.274. The third-order valence-electron chi connectivity index (χ3n) is 8.75. The first kappa shape index (κ1) is 35.5. The van der Waals surface area contributed by atoms with E-state index in [1.54, 1.807) is 72.5 Å². The molecule has 0 unspecified atom stereocenters. The Bertz CT molecular complexity index is 1940. The number of aromatic nitrogens is 2. The summed E-state index contributed by atoms with van der Waals surface area (Å²) >= 11 is 0. The molecule has 4 aromatic rings. The number of piperidine rings is 1. The van der Waals surface area contributed by atoms with Gasteiger partial charge in [0.15, 0.2) is 22.8 Å². The Morgan fingerprint density at radius 2 is 1.63 bits per heavy atom. The van der Waals surface area contributed by atoms with E-state index < -0.39 is 11.5 Å². The van der Waals surface area contributed by atoms with E-state index in [2.05, 4.69) is 30.9 Å². The summed E-state index contributed by atoms with van der Waals surface area (Å²) in [5.74, 6) is 1.00. The molecule has 16 heteroatoms. The van der Waals surface area contributed by atoms with E-state index in [0.717, 1.165) is 0 Å². The molecule has 6 heterocycles. The van der Waals surface area contributed by atoms with E-state index in [0.29, 0.717) is 51.3 Å². The second-order valence-electron chi connectivity index (χ2n) is 12.1. The number of rotatable bonds is 5. The van der Waals surface area contributed by atoms with Gasteiger partial charge in [-0.05, 0) is 66.7 Å². The summed E-state index contributed by atoms with van der Waals surface area (Å²) in [4.78, 5) is 54.0. The van der Waals surface area contributed by atoms with Gasteiger partial charge in [0.25, 0.3) is 17.7 Å². The fourth-order valence-corrected chi connectivity index (χ4v) is 5.84. The van der Waals surface area contributed by atoms with Gasteiger partial charge in [-0.25, -0.2) is 4.63 Å².